The summed E-state index contributed by atoms with van der Waals surface area (Å²) in [6.45, 7) is -0.837. The van der Waals surface area contributed by atoms with Crippen molar-refractivity contribution in [3.05, 3.63) is 162 Å². The van der Waals surface area contributed by atoms with E-state index in [1.807, 2.05) is 0 Å². The van der Waals surface area contributed by atoms with Gasteiger partial charge in [0, 0.05) is 69.6 Å². The summed E-state index contributed by atoms with van der Waals surface area (Å²) in [5.74, 6) is 1.25. The second kappa shape index (κ2) is 9.35. The van der Waals surface area contributed by atoms with Crippen molar-refractivity contribution in [1.29, 1.82) is 0 Å². The zero-order valence-electron chi connectivity index (χ0n) is 28.3. The van der Waals surface area contributed by atoms with Gasteiger partial charge in [0.05, 0.1) is 0 Å². The number of fused-ring (bicyclic) bond motifs is 32. The molecule has 8 aliphatic rings. The Morgan fingerprint density at radius 3 is 0.942 bits per heavy atom. The zero-order valence-corrected chi connectivity index (χ0v) is 28.3. The normalized spacial score (nSPS) is 28.2. The van der Waals surface area contributed by atoms with Crippen molar-refractivity contribution in [3.63, 3.8) is 0 Å². The molecule has 8 bridgehead atoms. The van der Waals surface area contributed by atoms with Crippen LogP contribution in [0.25, 0.3) is 0 Å². The highest BCUT2D eigenvalue weighted by atomic mass is 16.5. The van der Waals surface area contributed by atoms with Crippen molar-refractivity contribution in [2.24, 2.45) is 0 Å². The second-order valence-electron chi connectivity index (χ2n) is 16.5. The fourth-order valence-corrected chi connectivity index (χ4v) is 13.0. The molecule has 254 valence electrons. The van der Waals surface area contributed by atoms with Crippen molar-refractivity contribution in [2.45, 2.75) is 73.0 Å². The molecule has 5 aromatic rings. The SMILES string of the molecule is O=C(O)COc1c2c(c(OCC(=O)O)c3c1C1C[C@H]3c3cc4c(cc31)[C@@H]1CC4c3ccccc31)C1CC2c2cc3c(cc21)[C@@H]1CC3c2ccccc21. The maximum Gasteiger partial charge on any atom is 0.341 e. The number of carboxylic acid groups (broad SMARTS) is 2. The smallest absolute Gasteiger partial charge is 0.341 e. The van der Waals surface area contributed by atoms with Crippen molar-refractivity contribution < 1.29 is 29.3 Å². The molecule has 0 aromatic heterocycles. The van der Waals surface area contributed by atoms with Crippen molar-refractivity contribution in [1.82, 2.24) is 0 Å². The molecule has 8 atom stereocenters. The molecule has 5 aromatic carbocycles. The monoisotopic (exact) mass is 682 g/mol. The fourth-order valence-electron chi connectivity index (χ4n) is 13.0. The van der Waals surface area contributed by atoms with Crippen molar-refractivity contribution in [2.75, 3.05) is 13.2 Å². The zero-order chi connectivity index (χ0) is 34.3. The summed E-state index contributed by atoms with van der Waals surface area (Å²) in [6, 6.07) is 27.6. The lowest BCUT2D eigenvalue weighted by atomic mass is 9.74. The number of aliphatic carboxylic acids is 2. The van der Waals surface area contributed by atoms with Gasteiger partial charge in [-0.15, -0.1) is 0 Å². The van der Waals surface area contributed by atoms with E-state index >= 15 is 0 Å². The van der Waals surface area contributed by atoms with Crippen LogP contribution in [0.5, 0.6) is 11.5 Å². The highest BCUT2D eigenvalue weighted by Gasteiger charge is 2.55. The van der Waals surface area contributed by atoms with Crippen LogP contribution in [0.1, 0.15) is 162 Å². The lowest BCUT2D eigenvalue weighted by Gasteiger charge is -2.33. The van der Waals surface area contributed by atoms with E-state index in [4.69, 9.17) is 9.47 Å². The van der Waals surface area contributed by atoms with Crippen LogP contribution in [0, 0.1) is 0 Å². The van der Waals surface area contributed by atoms with Crippen LogP contribution in [0.3, 0.4) is 0 Å². The van der Waals surface area contributed by atoms with Gasteiger partial charge in [-0.25, -0.2) is 9.59 Å². The van der Waals surface area contributed by atoms with Crippen LogP contribution in [-0.2, 0) is 9.59 Å². The topological polar surface area (TPSA) is 93.1 Å². The maximum absolute atomic E-state index is 12.1. The van der Waals surface area contributed by atoms with E-state index in [0.29, 0.717) is 35.2 Å². The van der Waals surface area contributed by atoms with Crippen molar-refractivity contribution >= 4 is 11.9 Å². The van der Waals surface area contributed by atoms with Gasteiger partial charge in [0.1, 0.15) is 11.5 Å². The van der Waals surface area contributed by atoms with E-state index in [9.17, 15) is 19.8 Å². The summed E-state index contributed by atoms with van der Waals surface area (Å²) < 4.78 is 12.9. The Morgan fingerprint density at radius 2 is 0.673 bits per heavy atom. The molecule has 52 heavy (non-hydrogen) atoms. The first-order valence-electron chi connectivity index (χ1n) is 18.9. The van der Waals surface area contributed by atoms with Gasteiger partial charge in [0.25, 0.3) is 0 Å². The standard InChI is InChI=1S/C46H34O6/c47-39(48)17-51-45-41-35-15-36(32-12-28-24-9-23(27(28)11-31(32)35)19-5-1-2-6-20(19)24)42(41)46(52-18-40(49)50)44-38-16-37(43(44)45)33-13-29-25-10-26(30(29)14-34(33)38)22-8-4-3-7-21(22)25/h1-8,11-14,23-26,35-38H,9-10,15-18H2,(H,47,48)(H,49,50)/t23-,24?,25?,26-,35?,36+,37?,38?/m1/s1. The van der Waals surface area contributed by atoms with Crippen LogP contribution in [0.15, 0.2) is 72.8 Å². The predicted molar refractivity (Wildman–Crippen MR) is 192 cm³/mol. The van der Waals surface area contributed by atoms with E-state index in [0.717, 1.165) is 47.9 Å². The molecule has 0 amide bonds. The Kier molecular flexibility index (Phi) is 5.08. The maximum atomic E-state index is 12.1. The van der Waals surface area contributed by atoms with Gasteiger partial charge in [-0.2, -0.15) is 0 Å². The van der Waals surface area contributed by atoms with Gasteiger partial charge in [-0.3, -0.25) is 0 Å². The minimum atomic E-state index is -0.999. The van der Waals surface area contributed by atoms with Crippen molar-refractivity contribution in [3.8, 4) is 11.5 Å². The van der Waals surface area contributed by atoms with Gasteiger partial charge in [-0.05, 0) is 92.4 Å². The van der Waals surface area contributed by atoms with E-state index in [1.54, 1.807) is 0 Å². The molecule has 6 nitrogen and oxygen atoms in total. The van der Waals surface area contributed by atoms with Gasteiger partial charge in [-0.1, -0.05) is 72.8 Å². The molecule has 0 saturated heterocycles. The Labute approximate surface area is 300 Å². The minimum absolute atomic E-state index is 0.0433. The molecule has 2 N–H and O–H groups in total. The number of hydrogen-bond donors (Lipinski definition) is 2. The molecular weight excluding hydrogens is 649 g/mol. The molecule has 0 aliphatic heterocycles. The Morgan fingerprint density at radius 1 is 0.423 bits per heavy atom. The third-order valence-corrected chi connectivity index (χ3v) is 14.6. The lowest BCUT2D eigenvalue weighted by molar-refractivity contribution is -0.140. The molecule has 13 rings (SSSR count). The van der Waals surface area contributed by atoms with Crippen LogP contribution in [0.2, 0.25) is 0 Å². The average Bonchev–Trinajstić information content (AvgIpc) is 4.02. The van der Waals surface area contributed by atoms with Gasteiger partial charge in [0.2, 0.25) is 0 Å². The summed E-state index contributed by atoms with van der Waals surface area (Å²) >= 11 is 0. The second-order valence-corrected chi connectivity index (χ2v) is 16.5. The number of hydrogen-bond acceptors (Lipinski definition) is 4. The fraction of sp³-hybridized carbons (Fsp3) is 0.304. The molecule has 0 heterocycles. The first-order valence-corrected chi connectivity index (χ1v) is 18.9. The number of benzene rings is 5. The van der Waals surface area contributed by atoms with Crippen LogP contribution in [0.4, 0.5) is 0 Å². The summed E-state index contributed by atoms with van der Waals surface area (Å²) in [5, 5.41) is 19.9. The van der Waals surface area contributed by atoms with Crippen LogP contribution in [-0.4, -0.2) is 35.4 Å². The molecule has 5 unspecified atom stereocenters. The van der Waals surface area contributed by atoms with E-state index < -0.39 is 25.2 Å². The van der Waals surface area contributed by atoms with Gasteiger partial charge in [0.15, 0.2) is 13.2 Å². The average molecular weight is 683 g/mol. The summed E-state index contributed by atoms with van der Waals surface area (Å²) in [5.41, 5.74) is 21.0. The number of rotatable bonds is 6. The third kappa shape index (κ3) is 3.21. The first-order chi connectivity index (χ1) is 25.4. The summed E-state index contributed by atoms with van der Waals surface area (Å²) in [6.07, 6.45) is 3.96. The van der Waals surface area contributed by atoms with E-state index in [1.165, 1.54) is 66.8 Å². The predicted octanol–water partition coefficient (Wildman–Crippen LogP) is 8.54. The van der Waals surface area contributed by atoms with Crippen LogP contribution < -0.4 is 9.47 Å². The highest BCUT2D eigenvalue weighted by Crippen LogP contribution is 2.71. The molecule has 6 heteroatoms. The van der Waals surface area contributed by atoms with Gasteiger partial charge < -0.3 is 19.7 Å². The molecule has 8 aliphatic carbocycles. The molecule has 0 saturated carbocycles. The summed E-state index contributed by atoms with van der Waals surface area (Å²) in [7, 11) is 0. The number of ether oxygens (including phenoxy) is 2. The first kappa shape index (κ1) is 28.3. The summed E-state index contributed by atoms with van der Waals surface area (Å²) in [4.78, 5) is 24.2. The minimum Gasteiger partial charge on any atom is -0.481 e. The van der Waals surface area contributed by atoms with Crippen LogP contribution >= 0.6 is 0 Å². The van der Waals surface area contributed by atoms with Gasteiger partial charge >= 0.3 is 11.9 Å². The lowest BCUT2D eigenvalue weighted by Crippen LogP contribution is -2.20. The number of carboxylic acids is 2. The Balaban J connectivity index is 1.01. The highest BCUT2D eigenvalue weighted by molar-refractivity contribution is 5.80. The Hall–Kier alpha value is -5.36. The third-order valence-electron chi connectivity index (χ3n) is 14.6. The quantitative estimate of drug-likeness (QED) is 0.187. The molecular formula is C46H34O6. The largest absolute Gasteiger partial charge is 0.481 e. The molecule has 0 radical (unpaired) electrons. The Bertz CT molecular complexity index is 2240. The van der Waals surface area contributed by atoms with E-state index in [2.05, 4.69) is 72.8 Å². The number of carbonyl (C=O) groups is 2. The molecule has 0 spiro atoms. The van der Waals surface area contributed by atoms with E-state index in [-0.39, 0.29) is 23.7 Å². The molecule has 0 fully saturated rings.